The maximum Gasteiger partial charge on any atom is 0.222 e. The molecule has 0 aliphatic carbocycles. The molecule has 160 valence electrons. The van der Waals surface area contributed by atoms with E-state index in [2.05, 4.69) is 70.8 Å². The van der Waals surface area contributed by atoms with Gasteiger partial charge < -0.3 is 15.1 Å². The van der Waals surface area contributed by atoms with E-state index in [9.17, 15) is 4.79 Å². The van der Waals surface area contributed by atoms with Gasteiger partial charge >= 0.3 is 0 Å². The van der Waals surface area contributed by atoms with E-state index in [1.165, 1.54) is 16.1 Å². The number of thiophene rings is 1. The van der Waals surface area contributed by atoms with Gasteiger partial charge in [-0.05, 0) is 35.9 Å². The molecule has 2 aliphatic heterocycles. The number of hydrogen-bond acceptors (Lipinski definition) is 3. The molecule has 1 fully saturated rings. The fourth-order valence-corrected chi connectivity index (χ4v) is 5.39. The summed E-state index contributed by atoms with van der Waals surface area (Å²) in [6, 6.07) is 13.0. The van der Waals surface area contributed by atoms with E-state index in [1.807, 2.05) is 11.9 Å². The molecule has 6 heteroatoms. The Morgan fingerprint density at radius 1 is 1.27 bits per heavy atom. The molecule has 1 amide bonds. The summed E-state index contributed by atoms with van der Waals surface area (Å²) in [6.45, 7) is 8.03. The first kappa shape index (κ1) is 20.9. The predicted molar refractivity (Wildman–Crippen MR) is 126 cm³/mol. The lowest BCUT2D eigenvalue weighted by Crippen LogP contribution is -2.45. The number of hydrogen-bond donors (Lipinski definition) is 1. The van der Waals surface area contributed by atoms with Crippen LogP contribution in [0.15, 0.2) is 46.8 Å². The first-order valence-electron chi connectivity index (χ1n) is 10.9. The van der Waals surface area contributed by atoms with Crippen LogP contribution < -0.4 is 10.2 Å². The van der Waals surface area contributed by atoms with Crippen molar-refractivity contribution in [1.82, 2.24) is 10.2 Å². The molecule has 4 rings (SSSR count). The second kappa shape index (κ2) is 8.80. The topological polar surface area (TPSA) is 47.9 Å². The number of guanidine groups is 1. The standard InChI is InChI=1S/C24H32N4OS/c1-24(2,21-10-7-15-30-21)17-26-23(25-3)28-16-18(19-8-4-5-9-20(19)28)12-14-27-13-6-11-22(27)29/h4-5,7-10,15,18H,6,11-14,16-17H2,1-3H3,(H,25,26). The molecule has 1 unspecified atom stereocenters. The molecule has 5 nitrogen and oxygen atoms in total. The average molecular weight is 425 g/mol. The maximum atomic E-state index is 12.0. The van der Waals surface area contributed by atoms with Gasteiger partial charge in [-0.2, -0.15) is 0 Å². The lowest BCUT2D eigenvalue weighted by atomic mass is 9.91. The monoisotopic (exact) mass is 424 g/mol. The zero-order valence-electron chi connectivity index (χ0n) is 18.2. The predicted octanol–water partition coefficient (Wildman–Crippen LogP) is 4.22. The fourth-order valence-electron chi connectivity index (χ4n) is 4.54. The number of benzene rings is 1. The van der Waals surface area contributed by atoms with Crippen LogP contribution in [0.1, 0.15) is 49.5 Å². The molecule has 1 aromatic heterocycles. The Balaban J connectivity index is 1.45. The number of amides is 1. The van der Waals surface area contributed by atoms with E-state index in [1.54, 1.807) is 11.3 Å². The van der Waals surface area contributed by atoms with Crippen LogP contribution in [0.5, 0.6) is 0 Å². The van der Waals surface area contributed by atoms with Gasteiger partial charge in [0.1, 0.15) is 0 Å². The van der Waals surface area contributed by atoms with Crippen molar-refractivity contribution in [3.8, 4) is 0 Å². The minimum Gasteiger partial charge on any atom is -0.355 e. The number of carbonyl (C=O) groups is 1. The first-order chi connectivity index (χ1) is 14.5. The largest absolute Gasteiger partial charge is 0.355 e. The molecule has 30 heavy (non-hydrogen) atoms. The molecular formula is C24H32N4OS. The van der Waals surface area contributed by atoms with Crippen molar-refractivity contribution >= 4 is 28.9 Å². The normalized spacial score (nSPS) is 19.5. The summed E-state index contributed by atoms with van der Waals surface area (Å²) in [5, 5.41) is 5.76. The SMILES string of the molecule is CN=C(NCC(C)(C)c1cccs1)N1CC(CCN2CCCC2=O)c2ccccc21. The number of para-hydroxylation sites is 1. The van der Waals surface area contributed by atoms with Crippen LogP contribution in [-0.4, -0.2) is 50.0 Å². The Morgan fingerprint density at radius 3 is 2.80 bits per heavy atom. The molecule has 2 aromatic rings. The number of aliphatic imine (C=N–C) groups is 1. The lowest BCUT2D eigenvalue weighted by Gasteiger charge is -2.28. The van der Waals surface area contributed by atoms with Crippen LogP contribution in [0.2, 0.25) is 0 Å². The van der Waals surface area contributed by atoms with Gasteiger partial charge in [-0.1, -0.05) is 38.1 Å². The Kier molecular flexibility index (Phi) is 6.14. The van der Waals surface area contributed by atoms with E-state index in [0.717, 1.165) is 45.0 Å². The summed E-state index contributed by atoms with van der Waals surface area (Å²) >= 11 is 1.80. The van der Waals surface area contributed by atoms with Crippen molar-refractivity contribution in [2.24, 2.45) is 4.99 Å². The Hall–Kier alpha value is -2.34. The van der Waals surface area contributed by atoms with E-state index < -0.39 is 0 Å². The summed E-state index contributed by atoms with van der Waals surface area (Å²) in [6.07, 6.45) is 2.71. The lowest BCUT2D eigenvalue weighted by molar-refractivity contribution is -0.127. The van der Waals surface area contributed by atoms with Crippen LogP contribution >= 0.6 is 11.3 Å². The van der Waals surface area contributed by atoms with Crippen molar-refractivity contribution in [3.05, 3.63) is 52.2 Å². The molecule has 1 aromatic carbocycles. The van der Waals surface area contributed by atoms with E-state index >= 15 is 0 Å². The molecule has 0 bridgehead atoms. The summed E-state index contributed by atoms with van der Waals surface area (Å²) in [7, 11) is 1.86. The number of nitrogens with zero attached hydrogens (tertiary/aromatic N) is 3. The van der Waals surface area contributed by atoms with Gasteiger partial charge in [0.2, 0.25) is 5.91 Å². The molecule has 2 aliphatic rings. The molecule has 3 heterocycles. The van der Waals surface area contributed by atoms with Crippen LogP contribution in [0, 0.1) is 0 Å². The van der Waals surface area contributed by atoms with Gasteiger partial charge in [-0.15, -0.1) is 11.3 Å². The zero-order chi connectivity index (χ0) is 21.1. The Labute approximate surface area is 183 Å². The number of fused-ring (bicyclic) bond motifs is 1. The molecule has 1 atom stereocenters. The summed E-state index contributed by atoms with van der Waals surface area (Å²) in [5.74, 6) is 1.65. The number of anilines is 1. The summed E-state index contributed by atoms with van der Waals surface area (Å²) < 4.78 is 0. The highest BCUT2D eigenvalue weighted by Crippen LogP contribution is 2.38. The maximum absolute atomic E-state index is 12.0. The van der Waals surface area contributed by atoms with Gasteiger partial charge in [0.05, 0.1) is 0 Å². The molecule has 0 spiro atoms. The smallest absolute Gasteiger partial charge is 0.222 e. The van der Waals surface area contributed by atoms with Crippen molar-refractivity contribution in [3.63, 3.8) is 0 Å². The van der Waals surface area contributed by atoms with Crippen molar-refractivity contribution in [2.75, 3.05) is 38.1 Å². The van der Waals surface area contributed by atoms with E-state index in [-0.39, 0.29) is 5.41 Å². The minimum atomic E-state index is 0.0405. The highest BCUT2D eigenvalue weighted by atomic mass is 32.1. The number of nitrogens with one attached hydrogen (secondary N) is 1. The van der Waals surface area contributed by atoms with Crippen LogP contribution in [-0.2, 0) is 10.2 Å². The van der Waals surface area contributed by atoms with Crippen molar-refractivity contribution in [2.45, 2.75) is 44.4 Å². The number of carbonyl (C=O) groups excluding carboxylic acids is 1. The number of likely N-dealkylation sites (tertiary alicyclic amines) is 1. The molecule has 0 radical (unpaired) electrons. The Bertz CT molecular complexity index is 906. The average Bonchev–Trinajstić information content (AvgIpc) is 3.48. The molecule has 0 saturated carbocycles. The third-order valence-corrected chi connectivity index (χ3v) is 7.57. The highest BCUT2D eigenvalue weighted by molar-refractivity contribution is 7.10. The van der Waals surface area contributed by atoms with Gasteiger partial charge in [0.25, 0.3) is 0 Å². The van der Waals surface area contributed by atoms with E-state index in [4.69, 9.17) is 0 Å². The van der Waals surface area contributed by atoms with Gasteiger partial charge in [0, 0.05) is 61.5 Å². The third-order valence-electron chi connectivity index (χ3n) is 6.33. The summed E-state index contributed by atoms with van der Waals surface area (Å²) in [5.41, 5.74) is 2.64. The van der Waals surface area contributed by atoms with Crippen LogP contribution in [0.25, 0.3) is 0 Å². The second-order valence-electron chi connectivity index (χ2n) is 8.90. The molecule has 1 N–H and O–H groups in total. The van der Waals surface area contributed by atoms with Gasteiger partial charge in [0.15, 0.2) is 5.96 Å². The van der Waals surface area contributed by atoms with Crippen molar-refractivity contribution in [1.29, 1.82) is 0 Å². The van der Waals surface area contributed by atoms with E-state index in [0.29, 0.717) is 18.2 Å². The van der Waals surface area contributed by atoms with Crippen molar-refractivity contribution < 1.29 is 4.79 Å². The fraction of sp³-hybridized carbons (Fsp3) is 0.500. The van der Waals surface area contributed by atoms with Gasteiger partial charge in [-0.3, -0.25) is 9.79 Å². The third kappa shape index (κ3) is 4.24. The minimum absolute atomic E-state index is 0.0405. The van der Waals surface area contributed by atoms with Crippen LogP contribution in [0.4, 0.5) is 5.69 Å². The van der Waals surface area contributed by atoms with Crippen LogP contribution in [0.3, 0.4) is 0 Å². The number of rotatable bonds is 6. The second-order valence-corrected chi connectivity index (χ2v) is 9.85. The first-order valence-corrected chi connectivity index (χ1v) is 11.8. The molecule has 1 saturated heterocycles. The zero-order valence-corrected chi connectivity index (χ0v) is 19.0. The molecular weight excluding hydrogens is 392 g/mol. The Morgan fingerprint density at radius 2 is 2.10 bits per heavy atom. The van der Waals surface area contributed by atoms with Gasteiger partial charge in [-0.25, -0.2) is 0 Å². The quantitative estimate of drug-likeness (QED) is 0.558. The summed E-state index contributed by atoms with van der Waals surface area (Å²) in [4.78, 5) is 22.3. The highest BCUT2D eigenvalue weighted by Gasteiger charge is 2.33.